The Morgan fingerprint density at radius 2 is 1.94 bits per heavy atom. The predicted octanol–water partition coefficient (Wildman–Crippen LogP) is 3.22. The van der Waals surface area contributed by atoms with Crippen molar-refractivity contribution in [3.8, 4) is 0 Å². The number of rotatable bonds is 7. The first kappa shape index (κ1) is 25.9. The number of morpholine rings is 1. The normalized spacial score (nSPS) is 20.2. The number of benzene rings is 1. The van der Waals surface area contributed by atoms with Gasteiger partial charge in [0.25, 0.3) is 11.7 Å². The third-order valence-corrected chi connectivity index (χ3v) is 6.85. The molecule has 192 valence electrons. The van der Waals surface area contributed by atoms with Gasteiger partial charge in [0.15, 0.2) is 0 Å². The number of ketones is 1. The number of nitrogens with zero attached hydrogens (tertiary/aromatic N) is 2. The highest BCUT2D eigenvalue weighted by Gasteiger charge is 2.46. The van der Waals surface area contributed by atoms with Crippen LogP contribution in [-0.4, -0.2) is 83.5 Å². The molecule has 0 aliphatic carbocycles. The van der Waals surface area contributed by atoms with E-state index in [4.69, 9.17) is 21.1 Å². The third kappa shape index (κ3) is 4.91. The average Bonchev–Trinajstić information content (AvgIpc) is 3.30. The molecule has 10 heteroatoms. The van der Waals surface area contributed by atoms with Crippen LogP contribution in [0.2, 0.25) is 5.02 Å². The number of amides is 1. The van der Waals surface area contributed by atoms with Crippen molar-refractivity contribution in [3.05, 3.63) is 62.9 Å². The molecule has 2 aliphatic rings. The number of aliphatic hydroxyl groups excluding tert-OH is 1. The summed E-state index contributed by atoms with van der Waals surface area (Å²) >= 11 is 6.26. The summed E-state index contributed by atoms with van der Waals surface area (Å²) in [6, 6.07) is 6.08. The minimum Gasteiger partial charge on any atom is -0.507 e. The summed E-state index contributed by atoms with van der Waals surface area (Å²) in [5, 5.41) is 11.9. The second-order valence-electron chi connectivity index (χ2n) is 8.85. The molecular weight excluding hydrogens is 486 g/mol. The van der Waals surface area contributed by atoms with Gasteiger partial charge in [-0.05, 0) is 44.0 Å². The van der Waals surface area contributed by atoms with Crippen molar-refractivity contribution >= 4 is 35.0 Å². The molecule has 2 saturated heterocycles. The third-order valence-electron chi connectivity index (χ3n) is 6.62. The number of ether oxygens (including phenoxy) is 2. The van der Waals surface area contributed by atoms with Gasteiger partial charge in [0.2, 0.25) is 0 Å². The Labute approximate surface area is 214 Å². The van der Waals surface area contributed by atoms with Crippen molar-refractivity contribution in [3.63, 3.8) is 0 Å². The minimum absolute atomic E-state index is 0.0372. The van der Waals surface area contributed by atoms with E-state index in [2.05, 4.69) is 9.88 Å². The molecule has 2 aliphatic heterocycles. The molecule has 1 unspecified atom stereocenters. The van der Waals surface area contributed by atoms with Crippen LogP contribution in [0.4, 0.5) is 0 Å². The fourth-order valence-corrected chi connectivity index (χ4v) is 5.05. The van der Waals surface area contributed by atoms with Gasteiger partial charge < -0.3 is 24.5 Å². The fourth-order valence-electron chi connectivity index (χ4n) is 4.86. The molecule has 1 aromatic carbocycles. The summed E-state index contributed by atoms with van der Waals surface area (Å²) in [6.45, 7) is 8.81. The first-order valence-corrected chi connectivity index (χ1v) is 12.3. The van der Waals surface area contributed by atoms with E-state index < -0.39 is 23.7 Å². The van der Waals surface area contributed by atoms with Crippen LogP contribution in [0.15, 0.2) is 29.8 Å². The van der Waals surface area contributed by atoms with Gasteiger partial charge in [-0.2, -0.15) is 0 Å². The van der Waals surface area contributed by atoms with E-state index in [0.29, 0.717) is 47.2 Å². The summed E-state index contributed by atoms with van der Waals surface area (Å²) in [5.41, 5.74) is 1.99. The number of H-pyrrole nitrogens is 1. The summed E-state index contributed by atoms with van der Waals surface area (Å²) in [7, 11) is 0. The number of likely N-dealkylation sites (tertiary alicyclic amines) is 1. The maximum Gasteiger partial charge on any atom is 0.355 e. The zero-order valence-corrected chi connectivity index (χ0v) is 21.4. The first-order valence-electron chi connectivity index (χ1n) is 11.9. The standard InChI is InChI=1S/C26H30ClN3O6/c1-4-36-26(34)21-15(2)19(16(3)28-21)23(31)20-22(17-6-5-7-18(27)14-17)30(25(33)24(20)32)9-8-29-10-12-35-13-11-29/h5-7,14,22,28,31H,4,8-13H2,1-3H3. The van der Waals surface area contributed by atoms with E-state index in [0.717, 1.165) is 13.1 Å². The second-order valence-corrected chi connectivity index (χ2v) is 9.28. The molecule has 2 aromatic rings. The van der Waals surface area contributed by atoms with Crippen LogP contribution in [0.1, 0.15) is 45.8 Å². The Morgan fingerprint density at radius 1 is 1.22 bits per heavy atom. The lowest BCUT2D eigenvalue weighted by Crippen LogP contribution is -2.42. The van der Waals surface area contributed by atoms with Gasteiger partial charge in [-0.25, -0.2) is 4.79 Å². The lowest BCUT2D eigenvalue weighted by Gasteiger charge is -2.31. The Bertz CT molecular complexity index is 1210. The highest BCUT2D eigenvalue weighted by Crippen LogP contribution is 2.41. The van der Waals surface area contributed by atoms with Gasteiger partial charge >= 0.3 is 5.97 Å². The van der Waals surface area contributed by atoms with Gasteiger partial charge in [-0.3, -0.25) is 14.5 Å². The molecule has 4 rings (SSSR count). The summed E-state index contributed by atoms with van der Waals surface area (Å²) < 4.78 is 10.5. The molecule has 1 aromatic heterocycles. The van der Waals surface area contributed by atoms with Gasteiger partial charge in [0.05, 0.1) is 31.4 Å². The van der Waals surface area contributed by atoms with Crippen molar-refractivity contribution in [2.24, 2.45) is 0 Å². The van der Waals surface area contributed by atoms with E-state index in [1.807, 2.05) is 0 Å². The van der Waals surface area contributed by atoms with Crippen LogP contribution < -0.4 is 0 Å². The SMILES string of the molecule is CCOC(=O)c1[nH]c(C)c(C(O)=C2C(=O)C(=O)N(CCN3CCOCC3)C2c2cccc(Cl)c2)c1C. The number of aromatic amines is 1. The maximum absolute atomic E-state index is 13.3. The molecule has 0 radical (unpaired) electrons. The summed E-state index contributed by atoms with van der Waals surface area (Å²) in [4.78, 5) is 45.6. The van der Waals surface area contributed by atoms with E-state index in [1.54, 1.807) is 45.0 Å². The van der Waals surface area contributed by atoms with E-state index in [-0.39, 0.29) is 30.2 Å². The minimum atomic E-state index is -0.829. The lowest BCUT2D eigenvalue weighted by atomic mass is 9.94. The largest absolute Gasteiger partial charge is 0.507 e. The Balaban J connectivity index is 1.79. The molecule has 1 amide bonds. The van der Waals surface area contributed by atoms with E-state index >= 15 is 0 Å². The molecule has 1 atom stereocenters. The number of carbonyl (C=O) groups is 3. The average molecular weight is 516 g/mol. The number of carbonyl (C=O) groups excluding carboxylic acids is 3. The first-order chi connectivity index (χ1) is 17.2. The Kier molecular flexibility index (Phi) is 7.82. The van der Waals surface area contributed by atoms with Crippen LogP contribution in [0, 0.1) is 13.8 Å². The number of nitrogens with one attached hydrogen (secondary N) is 1. The van der Waals surface area contributed by atoms with E-state index in [1.165, 1.54) is 4.90 Å². The van der Waals surface area contributed by atoms with Crippen LogP contribution in [0.25, 0.3) is 5.76 Å². The maximum atomic E-state index is 13.3. The van der Waals surface area contributed by atoms with Crippen molar-refractivity contribution in [2.45, 2.75) is 26.8 Å². The van der Waals surface area contributed by atoms with Crippen LogP contribution in [0.3, 0.4) is 0 Å². The lowest BCUT2D eigenvalue weighted by molar-refractivity contribution is -0.140. The van der Waals surface area contributed by atoms with Crippen molar-refractivity contribution in [1.29, 1.82) is 0 Å². The van der Waals surface area contributed by atoms with Crippen molar-refractivity contribution in [1.82, 2.24) is 14.8 Å². The summed E-state index contributed by atoms with van der Waals surface area (Å²) in [5.74, 6) is -2.37. The quantitative estimate of drug-likeness (QED) is 0.252. The number of Topliss-reactive ketones (excluding diaryl/α,β-unsaturated/α-hetero) is 1. The van der Waals surface area contributed by atoms with Gasteiger partial charge in [-0.15, -0.1) is 0 Å². The second kappa shape index (κ2) is 10.9. The number of aliphatic hydroxyl groups is 1. The topological polar surface area (TPSA) is 112 Å². The number of esters is 1. The molecule has 2 fully saturated rings. The number of aryl methyl sites for hydroxylation is 1. The molecule has 2 N–H and O–H groups in total. The number of hydrogen-bond donors (Lipinski definition) is 2. The Morgan fingerprint density at radius 3 is 2.61 bits per heavy atom. The van der Waals surface area contributed by atoms with Gasteiger partial charge in [0, 0.05) is 42.5 Å². The van der Waals surface area contributed by atoms with Gasteiger partial charge in [-0.1, -0.05) is 23.7 Å². The number of aromatic nitrogens is 1. The highest BCUT2D eigenvalue weighted by molar-refractivity contribution is 6.46. The van der Waals surface area contributed by atoms with Crippen LogP contribution >= 0.6 is 11.6 Å². The monoisotopic (exact) mass is 515 g/mol. The molecular formula is C26H30ClN3O6. The zero-order chi connectivity index (χ0) is 26.0. The van der Waals surface area contributed by atoms with Crippen LogP contribution in [0.5, 0.6) is 0 Å². The van der Waals surface area contributed by atoms with E-state index in [9.17, 15) is 19.5 Å². The van der Waals surface area contributed by atoms with Crippen LogP contribution in [-0.2, 0) is 19.1 Å². The molecule has 36 heavy (non-hydrogen) atoms. The molecule has 0 bridgehead atoms. The molecule has 3 heterocycles. The number of halogens is 1. The summed E-state index contributed by atoms with van der Waals surface area (Å²) in [6.07, 6.45) is 0. The highest BCUT2D eigenvalue weighted by atomic mass is 35.5. The molecule has 0 spiro atoms. The Hall–Kier alpha value is -3.14. The number of hydrogen-bond acceptors (Lipinski definition) is 7. The van der Waals surface area contributed by atoms with Crippen molar-refractivity contribution < 1.29 is 29.0 Å². The smallest absolute Gasteiger partial charge is 0.355 e. The predicted molar refractivity (Wildman–Crippen MR) is 134 cm³/mol. The zero-order valence-electron chi connectivity index (χ0n) is 20.6. The molecule has 9 nitrogen and oxygen atoms in total. The molecule has 0 saturated carbocycles. The van der Waals surface area contributed by atoms with Gasteiger partial charge in [0.1, 0.15) is 11.5 Å². The van der Waals surface area contributed by atoms with Crippen molar-refractivity contribution in [2.75, 3.05) is 46.0 Å². The fraction of sp³-hybridized carbons (Fsp3) is 0.423.